The Morgan fingerprint density at radius 1 is 0.613 bits per heavy atom. The second kappa shape index (κ2) is 11.4. The molecule has 0 unspecified atom stereocenters. The zero-order valence-electron chi connectivity index (χ0n) is 18.8. The Kier molecular flexibility index (Phi) is 8.14. The number of piperidine rings is 1. The van der Waals surface area contributed by atoms with Crippen LogP contribution in [0.2, 0.25) is 0 Å². The number of nitrogens with one attached hydrogen (secondary N) is 1. The summed E-state index contributed by atoms with van der Waals surface area (Å²) < 4.78 is 0. The number of carbonyl (C=O) groups excluding carboxylic acids is 1. The van der Waals surface area contributed by atoms with Gasteiger partial charge in [-0.2, -0.15) is 0 Å². The summed E-state index contributed by atoms with van der Waals surface area (Å²) in [6.45, 7) is 7.42. The zero-order chi connectivity index (χ0) is 21.3. The maximum atomic E-state index is 12.6. The van der Waals surface area contributed by atoms with Gasteiger partial charge in [0.05, 0.1) is 0 Å². The Labute approximate surface area is 187 Å². The number of carbonyl (C=O) groups is 1. The summed E-state index contributed by atoms with van der Waals surface area (Å²) in [4.78, 5) is 17.6. The van der Waals surface area contributed by atoms with Gasteiger partial charge in [-0.3, -0.25) is 14.6 Å². The van der Waals surface area contributed by atoms with Crippen molar-refractivity contribution in [2.45, 2.75) is 64.6 Å². The number of nitrogens with zero attached hydrogens (tertiary/aromatic N) is 2. The summed E-state index contributed by atoms with van der Waals surface area (Å²) in [7, 11) is 0. The SMILES string of the molecule is O=C(NCc1ccc(CN2CCCCCC2)cc1)c1ccc(CN2CCCCC2)cc1. The zero-order valence-corrected chi connectivity index (χ0v) is 18.8. The van der Waals surface area contributed by atoms with Gasteiger partial charge in [-0.05, 0) is 80.7 Å². The number of rotatable bonds is 7. The van der Waals surface area contributed by atoms with Gasteiger partial charge in [-0.25, -0.2) is 0 Å². The van der Waals surface area contributed by atoms with Crippen LogP contribution in [0.4, 0.5) is 0 Å². The fourth-order valence-electron chi connectivity index (χ4n) is 4.74. The van der Waals surface area contributed by atoms with Crippen LogP contribution in [-0.2, 0) is 19.6 Å². The maximum Gasteiger partial charge on any atom is 0.251 e. The quantitative estimate of drug-likeness (QED) is 0.688. The van der Waals surface area contributed by atoms with Crippen LogP contribution in [0.3, 0.4) is 0 Å². The molecule has 4 rings (SSSR count). The van der Waals surface area contributed by atoms with Crippen LogP contribution in [0.5, 0.6) is 0 Å². The molecule has 0 aliphatic carbocycles. The van der Waals surface area contributed by atoms with E-state index in [4.69, 9.17) is 0 Å². The molecule has 0 saturated carbocycles. The van der Waals surface area contributed by atoms with Gasteiger partial charge >= 0.3 is 0 Å². The summed E-state index contributed by atoms with van der Waals surface area (Å²) >= 11 is 0. The molecule has 0 aromatic heterocycles. The second-order valence-corrected chi connectivity index (χ2v) is 9.22. The topological polar surface area (TPSA) is 35.6 Å². The summed E-state index contributed by atoms with van der Waals surface area (Å²) in [6, 6.07) is 16.8. The normalized spacial score (nSPS) is 18.5. The Morgan fingerprint density at radius 2 is 1.03 bits per heavy atom. The van der Waals surface area contributed by atoms with E-state index in [0.29, 0.717) is 6.54 Å². The van der Waals surface area contributed by atoms with Crippen LogP contribution in [0, 0.1) is 0 Å². The van der Waals surface area contributed by atoms with Gasteiger partial charge in [-0.15, -0.1) is 0 Å². The lowest BCUT2D eigenvalue weighted by molar-refractivity contribution is 0.0951. The fraction of sp³-hybridized carbons (Fsp3) is 0.519. The van der Waals surface area contributed by atoms with Crippen molar-refractivity contribution in [2.24, 2.45) is 0 Å². The lowest BCUT2D eigenvalue weighted by Gasteiger charge is -2.26. The molecule has 31 heavy (non-hydrogen) atoms. The summed E-state index contributed by atoms with van der Waals surface area (Å²) in [5.74, 6) is -0.00170. The highest BCUT2D eigenvalue weighted by Crippen LogP contribution is 2.15. The van der Waals surface area contributed by atoms with Gasteiger partial charge in [0, 0.05) is 25.2 Å². The third kappa shape index (κ3) is 6.91. The first kappa shape index (κ1) is 22.0. The van der Waals surface area contributed by atoms with E-state index in [1.807, 2.05) is 12.1 Å². The number of likely N-dealkylation sites (tertiary alicyclic amines) is 2. The van der Waals surface area contributed by atoms with Gasteiger partial charge in [-0.1, -0.05) is 55.7 Å². The molecule has 2 saturated heterocycles. The van der Waals surface area contributed by atoms with Gasteiger partial charge in [0.25, 0.3) is 5.91 Å². The monoisotopic (exact) mass is 419 g/mol. The minimum absolute atomic E-state index is 0.00170. The van der Waals surface area contributed by atoms with Gasteiger partial charge < -0.3 is 5.32 Å². The van der Waals surface area contributed by atoms with Crippen molar-refractivity contribution in [2.75, 3.05) is 26.2 Å². The predicted molar refractivity (Wildman–Crippen MR) is 127 cm³/mol. The molecule has 2 aromatic rings. The third-order valence-electron chi connectivity index (χ3n) is 6.65. The van der Waals surface area contributed by atoms with Crippen molar-refractivity contribution >= 4 is 5.91 Å². The van der Waals surface area contributed by atoms with Gasteiger partial charge in [0.15, 0.2) is 0 Å². The van der Waals surface area contributed by atoms with E-state index in [1.165, 1.54) is 82.3 Å². The predicted octanol–water partition coefficient (Wildman–Crippen LogP) is 4.98. The van der Waals surface area contributed by atoms with E-state index in [-0.39, 0.29) is 5.91 Å². The van der Waals surface area contributed by atoms with Crippen LogP contribution in [0.1, 0.15) is 72.0 Å². The molecule has 1 N–H and O–H groups in total. The minimum atomic E-state index is -0.00170. The third-order valence-corrected chi connectivity index (χ3v) is 6.65. The number of hydrogen-bond acceptors (Lipinski definition) is 3. The van der Waals surface area contributed by atoms with E-state index in [9.17, 15) is 4.79 Å². The highest BCUT2D eigenvalue weighted by atomic mass is 16.1. The van der Waals surface area contributed by atoms with E-state index in [1.54, 1.807) is 0 Å². The first-order valence-electron chi connectivity index (χ1n) is 12.2. The Morgan fingerprint density at radius 3 is 1.55 bits per heavy atom. The van der Waals surface area contributed by atoms with Crippen molar-refractivity contribution in [3.8, 4) is 0 Å². The summed E-state index contributed by atoms with van der Waals surface area (Å²) in [6.07, 6.45) is 9.36. The average molecular weight is 420 g/mol. The lowest BCUT2D eigenvalue weighted by atomic mass is 10.1. The Hall–Kier alpha value is -2.17. The van der Waals surface area contributed by atoms with E-state index < -0.39 is 0 Å². The van der Waals surface area contributed by atoms with E-state index in [0.717, 1.165) is 24.2 Å². The Balaban J connectivity index is 1.23. The largest absolute Gasteiger partial charge is 0.348 e. The minimum Gasteiger partial charge on any atom is -0.348 e. The van der Waals surface area contributed by atoms with Crippen molar-refractivity contribution in [1.29, 1.82) is 0 Å². The maximum absolute atomic E-state index is 12.6. The Bertz CT molecular complexity index is 801. The average Bonchev–Trinajstić information content (AvgIpc) is 3.08. The van der Waals surface area contributed by atoms with Crippen molar-refractivity contribution in [1.82, 2.24) is 15.1 Å². The first-order chi connectivity index (χ1) is 15.3. The van der Waals surface area contributed by atoms with Gasteiger partial charge in [0.1, 0.15) is 0 Å². The molecule has 0 bridgehead atoms. The lowest BCUT2D eigenvalue weighted by Crippen LogP contribution is -2.29. The van der Waals surface area contributed by atoms with Crippen molar-refractivity contribution in [3.05, 3.63) is 70.8 Å². The second-order valence-electron chi connectivity index (χ2n) is 9.22. The molecule has 2 aliphatic rings. The number of hydrogen-bond donors (Lipinski definition) is 1. The highest BCUT2D eigenvalue weighted by Gasteiger charge is 2.12. The van der Waals surface area contributed by atoms with Crippen LogP contribution >= 0.6 is 0 Å². The molecule has 1 amide bonds. The van der Waals surface area contributed by atoms with Gasteiger partial charge in [0.2, 0.25) is 0 Å². The fourth-order valence-corrected chi connectivity index (χ4v) is 4.74. The molecule has 0 spiro atoms. The van der Waals surface area contributed by atoms with Crippen molar-refractivity contribution in [3.63, 3.8) is 0 Å². The molecular weight excluding hydrogens is 382 g/mol. The number of benzene rings is 2. The van der Waals surface area contributed by atoms with Crippen LogP contribution in [0.15, 0.2) is 48.5 Å². The van der Waals surface area contributed by atoms with Crippen molar-refractivity contribution < 1.29 is 4.79 Å². The molecule has 2 aliphatic heterocycles. The summed E-state index contributed by atoms with van der Waals surface area (Å²) in [5, 5.41) is 3.07. The molecule has 2 aromatic carbocycles. The smallest absolute Gasteiger partial charge is 0.251 e. The first-order valence-corrected chi connectivity index (χ1v) is 12.2. The van der Waals surface area contributed by atoms with Crippen LogP contribution < -0.4 is 5.32 Å². The molecule has 4 heteroatoms. The number of amides is 1. The standard InChI is InChI=1S/C27H37N3O/c31-27(26-14-12-25(13-15-26)22-30-18-6-3-7-19-30)28-20-23-8-10-24(11-9-23)21-29-16-4-1-2-5-17-29/h8-15H,1-7,16-22H2,(H,28,31). The molecular formula is C27H37N3O. The molecule has 4 nitrogen and oxygen atoms in total. The van der Waals surface area contributed by atoms with E-state index >= 15 is 0 Å². The van der Waals surface area contributed by atoms with Crippen LogP contribution in [0.25, 0.3) is 0 Å². The van der Waals surface area contributed by atoms with E-state index in [2.05, 4.69) is 51.5 Å². The molecule has 2 fully saturated rings. The van der Waals surface area contributed by atoms with Crippen LogP contribution in [-0.4, -0.2) is 41.9 Å². The molecule has 0 radical (unpaired) electrons. The molecule has 166 valence electrons. The summed E-state index contributed by atoms with van der Waals surface area (Å²) in [5.41, 5.74) is 4.54. The molecule has 0 atom stereocenters. The molecule has 2 heterocycles. The highest BCUT2D eigenvalue weighted by molar-refractivity contribution is 5.94.